The van der Waals surface area contributed by atoms with Gasteiger partial charge >= 0.3 is 0 Å². The van der Waals surface area contributed by atoms with E-state index in [9.17, 15) is 4.39 Å². The van der Waals surface area contributed by atoms with Gasteiger partial charge in [-0.3, -0.25) is 4.98 Å². The van der Waals surface area contributed by atoms with E-state index in [0.29, 0.717) is 30.0 Å². The van der Waals surface area contributed by atoms with Crippen molar-refractivity contribution in [1.82, 2.24) is 20.6 Å². The highest BCUT2D eigenvalue weighted by Gasteiger charge is 2.07. The molecule has 2 N–H and O–H groups in total. The molecule has 0 saturated carbocycles. The van der Waals surface area contributed by atoms with Crippen LogP contribution in [0.5, 0.6) is 11.5 Å². The molecular weight excluding hydrogens is 405 g/mol. The third-order valence-electron chi connectivity index (χ3n) is 4.12. The van der Waals surface area contributed by atoms with Crippen molar-refractivity contribution in [2.24, 2.45) is 4.99 Å². The fraction of sp³-hybridized carbons (Fsp3) is 0.227. The summed E-state index contributed by atoms with van der Waals surface area (Å²) >= 11 is 5.80. The Hall–Kier alpha value is -3.19. The van der Waals surface area contributed by atoms with Gasteiger partial charge in [-0.1, -0.05) is 23.7 Å². The molecule has 8 heteroatoms. The van der Waals surface area contributed by atoms with Crippen LogP contribution in [0.15, 0.2) is 66.0 Å². The molecule has 0 aliphatic heterocycles. The van der Waals surface area contributed by atoms with Gasteiger partial charge < -0.3 is 15.4 Å². The summed E-state index contributed by atoms with van der Waals surface area (Å²) in [5.74, 6) is 0.851. The van der Waals surface area contributed by atoms with Crippen molar-refractivity contribution in [2.45, 2.75) is 19.9 Å². The predicted octanol–water partition coefficient (Wildman–Crippen LogP) is 4.36. The molecule has 0 aliphatic rings. The Morgan fingerprint density at radius 3 is 2.70 bits per heavy atom. The van der Waals surface area contributed by atoms with Crippen molar-refractivity contribution in [3.05, 3.63) is 83.2 Å². The Morgan fingerprint density at radius 1 is 1.13 bits per heavy atom. The van der Waals surface area contributed by atoms with Crippen LogP contribution in [0.2, 0.25) is 5.15 Å². The summed E-state index contributed by atoms with van der Waals surface area (Å²) in [5, 5.41) is 6.93. The molecule has 3 rings (SSSR count). The van der Waals surface area contributed by atoms with Gasteiger partial charge in [-0.25, -0.2) is 14.4 Å². The standard InChI is InChI=1S/C22H23ClFN5O/c1-2-26-22(27-11-9-16-6-8-21(23)28-13-16)29-14-17-5-7-20(19(24)12-17)30-18-4-3-10-25-15-18/h3-8,10,12-13,15H,2,9,11,14H2,1H3,(H2,26,27,29). The Bertz CT molecular complexity index is 967. The first-order valence-electron chi connectivity index (χ1n) is 9.63. The maximum Gasteiger partial charge on any atom is 0.191 e. The van der Waals surface area contributed by atoms with Crippen LogP contribution in [0, 0.1) is 5.82 Å². The van der Waals surface area contributed by atoms with E-state index in [1.165, 1.54) is 12.3 Å². The van der Waals surface area contributed by atoms with E-state index >= 15 is 0 Å². The van der Waals surface area contributed by atoms with Crippen LogP contribution in [0.4, 0.5) is 4.39 Å². The zero-order valence-electron chi connectivity index (χ0n) is 16.6. The monoisotopic (exact) mass is 427 g/mol. The highest BCUT2D eigenvalue weighted by atomic mass is 35.5. The number of nitrogens with one attached hydrogen (secondary N) is 2. The molecule has 2 aromatic heterocycles. The maximum atomic E-state index is 14.4. The number of nitrogens with zero attached hydrogens (tertiary/aromatic N) is 3. The molecule has 0 saturated heterocycles. The molecule has 0 atom stereocenters. The summed E-state index contributed by atoms with van der Waals surface area (Å²) in [4.78, 5) is 12.6. The van der Waals surface area contributed by atoms with Crippen molar-refractivity contribution in [3.63, 3.8) is 0 Å². The molecule has 2 heterocycles. The number of aliphatic imine (C=N–C) groups is 1. The van der Waals surface area contributed by atoms with Gasteiger partial charge in [0.05, 0.1) is 12.7 Å². The highest BCUT2D eigenvalue weighted by Crippen LogP contribution is 2.24. The molecule has 6 nitrogen and oxygen atoms in total. The second kappa shape index (κ2) is 11.1. The van der Waals surface area contributed by atoms with Crippen molar-refractivity contribution in [1.29, 1.82) is 0 Å². The minimum absolute atomic E-state index is 0.150. The molecule has 0 fully saturated rings. The molecular formula is C22H23ClFN5O. The minimum atomic E-state index is -0.445. The van der Waals surface area contributed by atoms with Crippen LogP contribution < -0.4 is 15.4 Å². The number of ether oxygens (including phenoxy) is 1. The third kappa shape index (κ3) is 6.70. The number of rotatable bonds is 8. The summed E-state index contributed by atoms with van der Waals surface area (Å²) in [7, 11) is 0. The second-order valence-corrected chi connectivity index (χ2v) is 6.80. The number of pyridine rings is 2. The van der Waals surface area contributed by atoms with Gasteiger partial charge in [-0.15, -0.1) is 0 Å². The summed E-state index contributed by atoms with van der Waals surface area (Å²) in [5.41, 5.74) is 1.82. The Morgan fingerprint density at radius 2 is 2.00 bits per heavy atom. The van der Waals surface area contributed by atoms with E-state index in [2.05, 4.69) is 25.6 Å². The van der Waals surface area contributed by atoms with Crippen molar-refractivity contribution in [3.8, 4) is 11.5 Å². The van der Waals surface area contributed by atoms with Gasteiger partial charge in [0.15, 0.2) is 17.5 Å². The largest absolute Gasteiger partial charge is 0.453 e. The van der Waals surface area contributed by atoms with Gasteiger partial charge in [0, 0.05) is 25.5 Å². The Kier molecular flexibility index (Phi) is 7.97. The number of hydrogen-bond acceptors (Lipinski definition) is 4. The summed E-state index contributed by atoms with van der Waals surface area (Å²) in [6.07, 6.45) is 5.70. The molecule has 1 aromatic carbocycles. The first-order valence-corrected chi connectivity index (χ1v) is 10.0. The molecule has 156 valence electrons. The van der Waals surface area contributed by atoms with E-state index in [1.54, 1.807) is 42.7 Å². The first-order chi connectivity index (χ1) is 14.6. The van der Waals surface area contributed by atoms with E-state index < -0.39 is 5.82 Å². The van der Waals surface area contributed by atoms with Gasteiger partial charge in [-0.05, 0) is 54.8 Å². The van der Waals surface area contributed by atoms with Gasteiger partial charge in [0.25, 0.3) is 0 Å². The number of hydrogen-bond donors (Lipinski definition) is 2. The van der Waals surface area contributed by atoms with E-state index in [-0.39, 0.29) is 5.75 Å². The van der Waals surface area contributed by atoms with Crippen LogP contribution in [-0.2, 0) is 13.0 Å². The van der Waals surface area contributed by atoms with Gasteiger partial charge in [0.2, 0.25) is 0 Å². The van der Waals surface area contributed by atoms with Crippen LogP contribution in [-0.4, -0.2) is 29.0 Å². The van der Waals surface area contributed by atoms with Crippen molar-refractivity contribution in [2.75, 3.05) is 13.1 Å². The topological polar surface area (TPSA) is 71.4 Å². The van der Waals surface area contributed by atoms with Gasteiger partial charge in [0.1, 0.15) is 10.9 Å². The van der Waals surface area contributed by atoms with E-state index in [0.717, 1.165) is 24.1 Å². The minimum Gasteiger partial charge on any atom is -0.453 e. The highest BCUT2D eigenvalue weighted by molar-refractivity contribution is 6.29. The third-order valence-corrected chi connectivity index (χ3v) is 4.34. The van der Waals surface area contributed by atoms with Crippen LogP contribution >= 0.6 is 11.6 Å². The zero-order chi connectivity index (χ0) is 21.2. The first kappa shape index (κ1) is 21.5. The summed E-state index contributed by atoms with van der Waals surface area (Å²) in [6, 6.07) is 12.0. The lowest BCUT2D eigenvalue weighted by Crippen LogP contribution is -2.38. The molecule has 0 aliphatic carbocycles. The fourth-order valence-electron chi connectivity index (χ4n) is 2.65. The number of benzene rings is 1. The molecule has 0 bridgehead atoms. The van der Waals surface area contributed by atoms with E-state index in [1.807, 2.05) is 13.0 Å². The van der Waals surface area contributed by atoms with Crippen molar-refractivity contribution < 1.29 is 9.13 Å². The maximum absolute atomic E-state index is 14.4. The molecule has 0 amide bonds. The number of aromatic nitrogens is 2. The molecule has 30 heavy (non-hydrogen) atoms. The second-order valence-electron chi connectivity index (χ2n) is 6.42. The van der Waals surface area contributed by atoms with Crippen LogP contribution in [0.3, 0.4) is 0 Å². The smallest absolute Gasteiger partial charge is 0.191 e. The van der Waals surface area contributed by atoms with Gasteiger partial charge in [-0.2, -0.15) is 0 Å². The summed E-state index contributed by atoms with van der Waals surface area (Å²) in [6.45, 7) is 3.73. The Balaban J connectivity index is 1.56. The lowest BCUT2D eigenvalue weighted by atomic mass is 10.2. The zero-order valence-corrected chi connectivity index (χ0v) is 17.4. The average molecular weight is 428 g/mol. The quantitative estimate of drug-likeness (QED) is 0.317. The molecule has 0 unspecified atom stereocenters. The average Bonchev–Trinajstić information content (AvgIpc) is 2.76. The SMILES string of the molecule is CCNC(=NCc1ccc(Oc2cccnc2)c(F)c1)NCCc1ccc(Cl)nc1. The summed E-state index contributed by atoms with van der Waals surface area (Å²) < 4.78 is 19.9. The van der Waals surface area contributed by atoms with Crippen molar-refractivity contribution >= 4 is 17.6 Å². The lowest BCUT2D eigenvalue weighted by molar-refractivity contribution is 0.440. The molecule has 0 spiro atoms. The van der Waals surface area contributed by atoms with Crippen LogP contribution in [0.25, 0.3) is 0 Å². The lowest BCUT2D eigenvalue weighted by Gasteiger charge is -2.12. The van der Waals surface area contributed by atoms with Crippen LogP contribution in [0.1, 0.15) is 18.1 Å². The molecule has 3 aromatic rings. The van der Waals surface area contributed by atoms with E-state index in [4.69, 9.17) is 16.3 Å². The Labute approximate surface area is 180 Å². The molecule has 0 radical (unpaired) electrons. The predicted molar refractivity (Wildman–Crippen MR) is 116 cm³/mol. The number of guanidine groups is 1. The number of halogens is 2. The fourth-order valence-corrected chi connectivity index (χ4v) is 2.76. The normalized spacial score (nSPS) is 11.2.